The van der Waals surface area contributed by atoms with Gasteiger partial charge in [-0.3, -0.25) is 9.69 Å². The Bertz CT molecular complexity index is 373. The molecule has 0 aromatic heterocycles. The summed E-state index contributed by atoms with van der Waals surface area (Å²) < 4.78 is 0. The number of carbonyl (C=O) groups is 1. The minimum Gasteiger partial charge on any atom is -0.342 e. The lowest BCUT2D eigenvalue weighted by atomic mass is 9.89. The Labute approximate surface area is 148 Å². The number of rotatable bonds is 4. The van der Waals surface area contributed by atoms with Crippen LogP contribution in [0.25, 0.3) is 0 Å². The van der Waals surface area contributed by atoms with Gasteiger partial charge in [0.15, 0.2) is 0 Å². The first-order chi connectivity index (χ1) is 11.8. The summed E-state index contributed by atoms with van der Waals surface area (Å²) in [6.07, 6.45) is 13.4. The van der Waals surface area contributed by atoms with Crippen molar-refractivity contribution in [3.8, 4) is 0 Å². The maximum absolute atomic E-state index is 12.6. The van der Waals surface area contributed by atoms with Gasteiger partial charge in [-0.15, -0.1) is 0 Å². The number of amides is 1. The molecule has 0 spiro atoms. The zero-order chi connectivity index (χ0) is 16.6. The molecule has 24 heavy (non-hydrogen) atoms. The van der Waals surface area contributed by atoms with Crippen molar-refractivity contribution < 1.29 is 4.79 Å². The lowest BCUT2D eigenvalue weighted by molar-refractivity contribution is -0.132. The Hall–Kier alpha value is -0.610. The van der Waals surface area contributed by atoms with Crippen LogP contribution in [-0.2, 0) is 4.79 Å². The quantitative estimate of drug-likeness (QED) is 0.790. The molecule has 2 heterocycles. The fourth-order valence-corrected chi connectivity index (χ4v) is 4.71. The SMILES string of the molecule is O=C(CN1CCCN(CC2CCCCC2)CC1)N1CCCCCC1. The van der Waals surface area contributed by atoms with E-state index in [2.05, 4.69) is 14.7 Å². The van der Waals surface area contributed by atoms with Crippen LogP contribution in [-0.4, -0.2) is 73.0 Å². The molecule has 0 radical (unpaired) electrons. The molecular weight excluding hydrogens is 298 g/mol. The molecule has 2 aliphatic heterocycles. The Morgan fingerprint density at radius 2 is 1.29 bits per heavy atom. The molecule has 4 heteroatoms. The van der Waals surface area contributed by atoms with Gasteiger partial charge in [-0.2, -0.15) is 0 Å². The predicted molar refractivity (Wildman–Crippen MR) is 99.1 cm³/mol. The fraction of sp³-hybridized carbons (Fsp3) is 0.950. The van der Waals surface area contributed by atoms with Gasteiger partial charge >= 0.3 is 0 Å². The van der Waals surface area contributed by atoms with E-state index < -0.39 is 0 Å². The summed E-state index contributed by atoms with van der Waals surface area (Å²) in [5, 5.41) is 0. The summed E-state index contributed by atoms with van der Waals surface area (Å²) in [5.41, 5.74) is 0. The van der Waals surface area contributed by atoms with Crippen molar-refractivity contribution in [1.82, 2.24) is 14.7 Å². The number of carbonyl (C=O) groups excluding carboxylic acids is 1. The second-order valence-corrected chi connectivity index (χ2v) is 8.23. The molecule has 0 unspecified atom stereocenters. The molecule has 3 fully saturated rings. The van der Waals surface area contributed by atoms with Crippen LogP contribution in [0.3, 0.4) is 0 Å². The molecule has 1 amide bonds. The van der Waals surface area contributed by atoms with Crippen molar-refractivity contribution in [2.75, 3.05) is 52.4 Å². The van der Waals surface area contributed by atoms with Gasteiger partial charge in [-0.05, 0) is 51.1 Å². The van der Waals surface area contributed by atoms with Gasteiger partial charge in [0, 0.05) is 32.7 Å². The second-order valence-electron chi connectivity index (χ2n) is 8.23. The molecule has 0 N–H and O–H groups in total. The number of hydrogen-bond acceptors (Lipinski definition) is 3. The topological polar surface area (TPSA) is 26.8 Å². The van der Waals surface area contributed by atoms with Crippen LogP contribution in [0.5, 0.6) is 0 Å². The third kappa shape index (κ3) is 5.73. The van der Waals surface area contributed by atoms with Gasteiger partial charge in [0.2, 0.25) is 5.91 Å². The zero-order valence-corrected chi connectivity index (χ0v) is 15.6. The first kappa shape index (κ1) is 18.2. The molecule has 138 valence electrons. The first-order valence-electron chi connectivity index (χ1n) is 10.5. The smallest absolute Gasteiger partial charge is 0.236 e. The van der Waals surface area contributed by atoms with Crippen molar-refractivity contribution in [1.29, 1.82) is 0 Å². The van der Waals surface area contributed by atoms with Crippen molar-refractivity contribution in [3.05, 3.63) is 0 Å². The Kier molecular flexibility index (Phi) is 7.40. The highest BCUT2D eigenvalue weighted by atomic mass is 16.2. The van der Waals surface area contributed by atoms with E-state index in [4.69, 9.17) is 0 Å². The fourth-order valence-electron chi connectivity index (χ4n) is 4.71. The van der Waals surface area contributed by atoms with Crippen molar-refractivity contribution in [3.63, 3.8) is 0 Å². The normalized spacial score (nSPS) is 26.1. The largest absolute Gasteiger partial charge is 0.342 e. The molecule has 1 aliphatic carbocycles. The standard InChI is InChI=1S/C20H37N3O/c24-20(23-13-6-1-2-7-14-23)18-22-12-8-11-21(15-16-22)17-19-9-4-3-5-10-19/h19H,1-18H2. The monoisotopic (exact) mass is 335 g/mol. The van der Waals surface area contributed by atoms with Crippen LogP contribution < -0.4 is 0 Å². The Morgan fingerprint density at radius 1 is 0.667 bits per heavy atom. The van der Waals surface area contributed by atoms with Crippen molar-refractivity contribution in [2.45, 2.75) is 64.2 Å². The van der Waals surface area contributed by atoms with Gasteiger partial charge in [0.1, 0.15) is 0 Å². The van der Waals surface area contributed by atoms with E-state index in [1.165, 1.54) is 77.3 Å². The van der Waals surface area contributed by atoms with Gasteiger partial charge in [0.05, 0.1) is 6.54 Å². The van der Waals surface area contributed by atoms with Crippen molar-refractivity contribution in [2.24, 2.45) is 5.92 Å². The average molecular weight is 336 g/mol. The summed E-state index contributed by atoms with van der Waals surface area (Å²) in [5.74, 6) is 1.31. The second kappa shape index (κ2) is 9.76. The minimum atomic E-state index is 0.373. The van der Waals surface area contributed by atoms with E-state index in [0.717, 1.165) is 38.6 Å². The molecule has 3 aliphatic rings. The molecule has 0 aromatic rings. The molecule has 3 rings (SSSR count). The maximum Gasteiger partial charge on any atom is 0.236 e. The van der Waals surface area contributed by atoms with Gasteiger partial charge < -0.3 is 9.80 Å². The number of hydrogen-bond donors (Lipinski definition) is 0. The summed E-state index contributed by atoms with van der Waals surface area (Å²) in [4.78, 5) is 19.8. The molecular formula is C20H37N3O. The number of nitrogens with zero attached hydrogens (tertiary/aromatic N) is 3. The highest BCUT2D eigenvalue weighted by Crippen LogP contribution is 2.24. The average Bonchev–Trinajstić information content (AvgIpc) is 2.99. The van der Waals surface area contributed by atoms with Crippen LogP contribution in [0.15, 0.2) is 0 Å². The van der Waals surface area contributed by atoms with Crippen molar-refractivity contribution >= 4 is 5.91 Å². The third-order valence-electron chi connectivity index (χ3n) is 6.24. The van der Waals surface area contributed by atoms with Gasteiger partial charge in [-0.25, -0.2) is 0 Å². The van der Waals surface area contributed by atoms with E-state index >= 15 is 0 Å². The van der Waals surface area contributed by atoms with Crippen LogP contribution in [0.1, 0.15) is 64.2 Å². The van der Waals surface area contributed by atoms with E-state index in [9.17, 15) is 4.79 Å². The van der Waals surface area contributed by atoms with Gasteiger partial charge in [0.25, 0.3) is 0 Å². The lowest BCUT2D eigenvalue weighted by Crippen LogP contribution is -2.42. The molecule has 2 saturated heterocycles. The maximum atomic E-state index is 12.6. The summed E-state index contributed by atoms with van der Waals surface area (Å²) in [6.45, 7) is 8.48. The van der Waals surface area contributed by atoms with E-state index in [-0.39, 0.29) is 0 Å². The van der Waals surface area contributed by atoms with E-state index in [1.807, 2.05) is 0 Å². The van der Waals surface area contributed by atoms with Crippen LogP contribution in [0.4, 0.5) is 0 Å². The Balaban J connectivity index is 1.40. The zero-order valence-electron chi connectivity index (χ0n) is 15.6. The number of likely N-dealkylation sites (tertiary alicyclic amines) is 1. The van der Waals surface area contributed by atoms with Crippen LogP contribution in [0.2, 0.25) is 0 Å². The van der Waals surface area contributed by atoms with E-state index in [0.29, 0.717) is 12.5 Å². The highest BCUT2D eigenvalue weighted by molar-refractivity contribution is 5.78. The molecule has 0 atom stereocenters. The first-order valence-corrected chi connectivity index (χ1v) is 10.5. The highest BCUT2D eigenvalue weighted by Gasteiger charge is 2.23. The molecule has 1 saturated carbocycles. The minimum absolute atomic E-state index is 0.373. The third-order valence-corrected chi connectivity index (χ3v) is 6.24. The van der Waals surface area contributed by atoms with Gasteiger partial charge in [-0.1, -0.05) is 32.1 Å². The summed E-state index contributed by atoms with van der Waals surface area (Å²) in [7, 11) is 0. The lowest BCUT2D eigenvalue weighted by Gasteiger charge is -2.29. The Morgan fingerprint density at radius 3 is 2.04 bits per heavy atom. The predicted octanol–water partition coefficient (Wildman–Crippen LogP) is 2.98. The van der Waals surface area contributed by atoms with Crippen LogP contribution >= 0.6 is 0 Å². The molecule has 0 bridgehead atoms. The summed E-state index contributed by atoms with van der Waals surface area (Å²) in [6, 6.07) is 0. The van der Waals surface area contributed by atoms with E-state index in [1.54, 1.807) is 0 Å². The molecule has 4 nitrogen and oxygen atoms in total. The molecule has 0 aromatic carbocycles. The van der Waals surface area contributed by atoms with Crippen LogP contribution in [0, 0.1) is 5.92 Å². The summed E-state index contributed by atoms with van der Waals surface area (Å²) >= 11 is 0.